The second-order valence-electron chi connectivity index (χ2n) is 5.49. The molecule has 0 saturated carbocycles. The first-order valence-corrected chi connectivity index (χ1v) is 8.43. The van der Waals surface area contributed by atoms with Crippen molar-refractivity contribution in [2.24, 2.45) is 0 Å². The van der Waals surface area contributed by atoms with Gasteiger partial charge in [0.2, 0.25) is 0 Å². The van der Waals surface area contributed by atoms with Crippen molar-refractivity contribution in [2.75, 3.05) is 31.3 Å². The van der Waals surface area contributed by atoms with Gasteiger partial charge in [0.1, 0.15) is 0 Å². The molecule has 1 saturated heterocycles. The SMILES string of the molecule is CC1CN(CC2CSc3ccccc32)CC(CCl)O1. The zero-order chi connectivity index (χ0) is 13.2. The first-order valence-electron chi connectivity index (χ1n) is 6.91. The number of morpholine rings is 1. The third-order valence-electron chi connectivity index (χ3n) is 3.85. The molecule has 3 rings (SSSR count). The lowest BCUT2D eigenvalue weighted by Gasteiger charge is -2.37. The van der Waals surface area contributed by atoms with Crippen molar-refractivity contribution in [1.82, 2.24) is 4.90 Å². The van der Waals surface area contributed by atoms with Crippen LogP contribution in [0.4, 0.5) is 0 Å². The molecule has 19 heavy (non-hydrogen) atoms. The van der Waals surface area contributed by atoms with Crippen molar-refractivity contribution < 1.29 is 4.74 Å². The fraction of sp³-hybridized carbons (Fsp3) is 0.600. The van der Waals surface area contributed by atoms with Gasteiger partial charge in [0, 0.05) is 42.1 Å². The minimum Gasteiger partial charge on any atom is -0.371 e. The van der Waals surface area contributed by atoms with Crippen molar-refractivity contribution in [3.63, 3.8) is 0 Å². The molecule has 0 amide bonds. The summed E-state index contributed by atoms with van der Waals surface area (Å²) in [6.07, 6.45) is 0.483. The molecular weight excluding hydrogens is 278 g/mol. The third-order valence-corrected chi connectivity index (χ3v) is 5.45. The lowest BCUT2D eigenvalue weighted by atomic mass is 10.00. The van der Waals surface area contributed by atoms with Crippen molar-refractivity contribution in [3.05, 3.63) is 29.8 Å². The zero-order valence-electron chi connectivity index (χ0n) is 11.2. The monoisotopic (exact) mass is 297 g/mol. The van der Waals surface area contributed by atoms with E-state index in [4.69, 9.17) is 16.3 Å². The van der Waals surface area contributed by atoms with Crippen LogP contribution in [0.2, 0.25) is 0 Å². The van der Waals surface area contributed by atoms with Gasteiger partial charge in [-0.25, -0.2) is 0 Å². The predicted octanol–water partition coefficient (Wildman–Crippen LogP) is 3.20. The number of ether oxygens (including phenoxy) is 1. The Labute approximate surface area is 124 Å². The summed E-state index contributed by atoms with van der Waals surface area (Å²) in [6, 6.07) is 8.81. The van der Waals surface area contributed by atoms with E-state index in [2.05, 4.69) is 36.1 Å². The number of thioether (sulfide) groups is 1. The molecule has 3 atom stereocenters. The Hall–Kier alpha value is -0.220. The molecule has 1 fully saturated rings. The Kier molecular flexibility index (Phi) is 4.37. The van der Waals surface area contributed by atoms with Crippen LogP contribution < -0.4 is 0 Å². The lowest BCUT2D eigenvalue weighted by Crippen LogP contribution is -2.48. The largest absolute Gasteiger partial charge is 0.371 e. The van der Waals surface area contributed by atoms with E-state index >= 15 is 0 Å². The number of fused-ring (bicyclic) bond motifs is 1. The highest BCUT2D eigenvalue weighted by molar-refractivity contribution is 7.99. The van der Waals surface area contributed by atoms with E-state index in [9.17, 15) is 0 Å². The molecule has 0 aromatic heterocycles. The maximum Gasteiger partial charge on any atom is 0.0841 e. The molecule has 1 aromatic carbocycles. The summed E-state index contributed by atoms with van der Waals surface area (Å²) in [5.41, 5.74) is 1.52. The van der Waals surface area contributed by atoms with Gasteiger partial charge in [-0.2, -0.15) is 0 Å². The highest BCUT2D eigenvalue weighted by Crippen LogP contribution is 2.39. The van der Waals surface area contributed by atoms with Gasteiger partial charge in [0.25, 0.3) is 0 Å². The zero-order valence-corrected chi connectivity index (χ0v) is 12.8. The minimum absolute atomic E-state index is 0.190. The Morgan fingerprint density at radius 3 is 3.05 bits per heavy atom. The third kappa shape index (κ3) is 3.10. The smallest absolute Gasteiger partial charge is 0.0841 e. The van der Waals surface area contributed by atoms with Crippen LogP contribution in [-0.2, 0) is 4.74 Å². The van der Waals surface area contributed by atoms with Gasteiger partial charge in [0.05, 0.1) is 12.2 Å². The summed E-state index contributed by atoms with van der Waals surface area (Å²) < 4.78 is 5.82. The van der Waals surface area contributed by atoms with Crippen LogP contribution in [-0.4, -0.2) is 48.4 Å². The van der Waals surface area contributed by atoms with E-state index in [1.165, 1.54) is 16.2 Å². The lowest BCUT2D eigenvalue weighted by molar-refractivity contribution is -0.0672. The summed E-state index contributed by atoms with van der Waals surface area (Å²) in [7, 11) is 0. The number of rotatable bonds is 3. The average Bonchev–Trinajstić information content (AvgIpc) is 2.82. The number of benzene rings is 1. The van der Waals surface area contributed by atoms with Gasteiger partial charge in [-0.3, -0.25) is 4.90 Å². The molecule has 2 heterocycles. The van der Waals surface area contributed by atoms with Crippen LogP contribution >= 0.6 is 23.4 Å². The number of nitrogens with zero attached hydrogens (tertiary/aromatic N) is 1. The molecule has 0 spiro atoms. The normalized spacial score (nSPS) is 31.4. The highest BCUT2D eigenvalue weighted by Gasteiger charge is 2.29. The van der Waals surface area contributed by atoms with Crippen molar-refractivity contribution >= 4 is 23.4 Å². The van der Waals surface area contributed by atoms with Gasteiger partial charge >= 0.3 is 0 Å². The summed E-state index contributed by atoms with van der Waals surface area (Å²) in [5, 5.41) is 0. The number of hydrogen-bond donors (Lipinski definition) is 0. The molecule has 4 heteroatoms. The summed E-state index contributed by atoms with van der Waals surface area (Å²) in [6.45, 7) is 5.27. The predicted molar refractivity (Wildman–Crippen MR) is 81.4 cm³/mol. The Morgan fingerprint density at radius 1 is 1.37 bits per heavy atom. The van der Waals surface area contributed by atoms with E-state index in [0.29, 0.717) is 17.9 Å². The Balaban J connectivity index is 1.66. The summed E-state index contributed by atoms with van der Waals surface area (Å²) in [4.78, 5) is 3.98. The number of alkyl halides is 1. The van der Waals surface area contributed by atoms with Crippen LogP contribution in [0, 0.1) is 0 Å². The Bertz CT molecular complexity index is 442. The molecular formula is C15H20ClNOS. The minimum atomic E-state index is 0.190. The number of halogens is 1. The molecule has 0 N–H and O–H groups in total. The standard InChI is InChI=1S/C15H20ClNOS/c1-11-7-17(9-13(6-16)18-11)8-12-10-19-15-5-3-2-4-14(12)15/h2-5,11-13H,6-10H2,1H3. The first kappa shape index (κ1) is 13.7. The Morgan fingerprint density at radius 2 is 2.21 bits per heavy atom. The fourth-order valence-corrected chi connectivity index (χ4v) is 4.48. The summed E-state index contributed by atoms with van der Waals surface area (Å²) >= 11 is 7.94. The molecule has 104 valence electrons. The van der Waals surface area contributed by atoms with Crippen molar-refractivity contribution in [1.29, 1.82) is 0 Å². The topological polar surface area (TPSA) is 12.5 Å². The van der Waals surface area contributed by atoms with Crippen LogP contribution in [0.3, 0.4) is 0 Å². The van der Waals surface area contributed by atoms with E-state index in [1.54, 1.807) is 0 Å². The first-order chi connectivity index (χ1) is 9.26. The van der Waals surface area contributed by atoms with Gasteiger partial charge in [0.15, 0.2) is 0 Å². The molecule has 2 nitrogen and oxygen atoms in total. The number of hydrogen-bond acceptors (Lipinski definition) is 3. The van der Waals surface area contributed by atoms with E-state index in [0.717, 1.165) is 19.6 Å². The van der Waals surface area contributed by atoms with Crippen LogP contribution in [0.5, 0.6) is 0 Å². The van der Waals surface area contributed by atoms with E-state index in [-0.39, 0.29) is 6.10 Å². The second-order valence-corrected chi connectivity index (χ2v) is 6.86. The molecule has 3 unspecified atom stereocenters. The van der Waals surface area contributed by atoms with Crippen molar-refractivity contribution in [3.8, 4) is 0 Å². The molecule has 0 radical (unpaired) electrons. The van der Waals surface area contributed by atoms with Crippen LogP contribution in [0.25, 0.3) is 0 Å². The fourth-order valence-electron chi connectivity index (χ4n) is 3.07. The van der Waals surface area contributed by atoms with E-state index < -0.39 is 0 Å². The molecule has 2 aliphatic heterocycles. The van der Waals surface area contributed by atoms with Gasteiger partial charge in [-0.1, -0.05) is 18.2 Å². The highest BCUT2D eigenvalue weighted by atomic mass is 35.5. The molecule has 1 aromatic rings. The second kappa shape index (κ2) is 6.04. The summed E-state index contributed by atoms with van der Waals surface area (Å²) in [5.74, 6) is 2.45. The van der Waals surface area contributed by atoms with Gasteiger partial charge in [-0.15, -0.1) is 23.4 Å². The average molecular weight is 298 g/mol. The van der Waals surface area contributed by atoms with Crippen LogP contribution in [0.1, 0.15) is 18.4 Å². The maximum atomic E-state index is 5.95. The molecule has 0 bridgehead atoms. The van der Waals surface area contributed by atoms with Crippen molar-refractivity contribution in [2.45, 2.75) is 29.9 Å². The van der Waals surface area contributed by atoms with Gasteiger partial charge in [-0.05, 0) is 18.6 Å². The van der Waals surface area contributed by atoms with Gasteiger partial charge < -0.3 is 4.74 Å². The maximum absolute atomic E-state index is 5.95. The molecule has 0 aliphatic carbocycles. The quantitative estimate of drug-likeness (QED) is 0.795. The van der Waals surface area contributed by atoms with Crippen LogP contribution in [0.15, 0.2) is 29.2 Å². The molecule has 2 aliphatic rings. The van der Waals surface area contributed by atoms with E-state index in [1.807, 2.05) is 11.8 Å².